The predicted molar refractivity (Wildman–Crippen MR) is 109 cm³/mol. The highest BCUT2D eigenvalue weighted by molar-refractivity contribution is 5.80. The minimum atomic E-state index is 0.475. The smallest absolute Gasteiger partial charge is 0.302 e. The largest absolute Gasteiger partial charge is 0.391 e. The Morgan fingerprint density at radius 2 is 1.22 bits per heavy atom. The molecule has 2 aromatic heterocycles. The molecular weight excluding hydrogens is 336 g/mol. The van der Waals surface area contributed by atoms with Gasteiger partial charge in [-0.15, -0.1) is 0 Å². The second-order valence-electron chi connectivity index (χ2n) is 7.02. The van der Waals surface area contributed by atoms with Crippen LogP contribution in [0.5, 0.6) is 12.0 Å². The van der Waals surface area contributed by atoms with Gasteiger partial charge in [-0.25, -0.2) is 0 Å². The first kappa shape index (κ1) is 17.6. The van der Waals surface area contributed by atoms with E-state index >= 15 is 0 Å². The zero-order valence-corrected chi connectivity index (χ0v) is 16.0. The van der Waals surface area contributed by atoms with Crippen molar-refractivity contribution in [3.8, 4) is 12.0 Å². The number of ether oxygens (including phenoxy) is 1. The first-order valence-electron chi connectivity index (χ1n) is 9.91. The van der Waals surface area contributed by atoms with Crippen molar-refractivity contribution < 1.29 is 4.74 Å². The lowest BCUT2D eigenvalue weighted by Gasteiger charge is -1.99. The molecule has 0 fully saturated rings. The van der Waals surface area contributed by atoms with Crippen molar-refractivity contribution in [3.63, 3.8) is 0 Å². The van der Waals surface area contributed by atoms with Gasteiger partial charge in [0.05, 0.1) is 22.1 Å². The normalized spacial score (nSPS) is 11.5. The van der Waals surface area contributed by atoms with Crippen LogP contribution in [0.2, 0.25) is 0 Å². The lowest BCUT2D eigenvalue weighted by molar-refractivity contribution is 0.419. The van der Waals surface area contributed by atoms with Crippen LogP contribution in [0.15, 0.2) is 36.4 Å². The van der Waals surface area contributed by atoms with Crippen LogP contribution in [0.25, 0.3) is 22.1 Å². The number of H-pyrrole nitrogens is 2. The molecule has 0 aliphatic carbocycles. The Hall–Kier alpha value is -2.82. The number of para-hydroxylation sites is 2. The summed E-state index contributed by atoms with van der Waals surface area (Å²) in [6.07, 6.45) is 6.72. The fourth-order valence-corrected chi connectivity index (χ4v) is 3.46. The van der Waals surface area contributed by atoms with Crippen molar-refractivity contribution in [1.82, 2.24) is 19.9 Å². The van der Waals surface area contributed by atoms with Crippen molar-refractivity contribution in [1.29, 1.82) is 0 Å². The summed E-state index contributed by atoms with van der Waals surface area (Å²) in [5.74, 6) is 0. The minimum Gasteiger partial charge on any atom is -0.391 e. The molecule has 2 aromatic carbocycles. The second kappa shape index (κ2) is 7.82. The fourth-order valence-electron chi connectivity index (χ4n) is 3.46. The monoisotopic (exact) mass is 362 g/mol. The van der Waals surface area contributed by atoms with Crippen molar-refractivity contribution >= 4 is 22.1 Å². The molecule has 2 heterocycles. The highest BCUT2D eigenvalue weighted by Gasteiger charge is 2.12. The molecule has 5 nitrogen and oxygen atoms in total. The maximum absolute atomic E-state index is 5.93. The van der Waals surface area contributed by atoms with Gasteiger partial charge >= 0.3 is 12.0 Å². The zero-order valence-electron chi connectivity index (χ0n) is 16.0. The lowest BCUT2D eigenvalue weighted by Crippen LogP contribution is -1.89. The van der Waals surface area contributed by atoms with Crippen LogP contribution in [-0.2, 0) is 12.8 Å². The standard InChI is InChI=1S/C22H26N4O/c1-3-5-9-15-11-7-13-17-19(15)25-21(23-17)27-22-24-18-14-8-12-16(10-6-4-2)20(18)26-22/h7-8,11-14H,3-6,9-10H2,1-2H3,(H,23,25)(H,24,26). The van der Waals surface area contributed by atoms with Crippen LogP contribution < -0.4 is 4.74 Å². The summed E-state index contributed by atoms with van der Waals surface area (Å²) >= 11 is 0. The molecule has 27 heavy (non-hydrogen) atoms. The number of imidazole rings is 2. The molecule has 0 spiro atoms. The van der Waals surface area contributed by atoms with Crippen LogP contribution >= 0.6 is 0 Å². The van der Waals surface area contributed by atoms with Gasteiger partial charge in [-0.05, 0) is 48.9 Å². The Bertz CT molecular complexity index is 963. The van der Waals surface area contributed by atoms with Gasteiger partial charge in [-0.3, -0.25) is 0 Å². The highest BCUT2D eigenvalue weighted by atomic mass is 16.5. The van der Waals surface area contributed by atoms with E-state index in [1.807, 2.05) is 12.1 Å². The van der Waals surface area contributed by atoms with Crippen molar-refractivity contribution in [2.75, 3.05) is 0 Å². The van der Waals surface area contributed by atoms with Crippen molar-refractivity contribution in [2.24, 2.45) is 0 Å². The summed E-state index contributed by atoms with van der Waals surface area (Å²) in [6.45, 7) is 4.41. The lowest BCUT2D eigenvalue weighted by atomic mass is 10.1. The van der Waals surface area contributed by atoms with Gasteiger partial charge in [0.25, 0.3) is 0 Å². The number of hydrogen-bond donors (Lipinski definition) is 2. The molecule has 0 saturated heterocycles. The third-order valence-electron chi connectivity index (χ3n) is 4.94. The van der Waals surface area contributed by atoms with E-state index in [1.54, 1.807) is 0 Å². The van der Waals surface area contributed by atoms with Crippen molar-refractivity contribution in [2.45, 2.75) is 52.4 Å². The number of fused-ring (bicyclic) bond motifs is 2. The van der Waals surface area contributed by atoms with Gasteiger partial charge < -0.3 is 14.7 Å². The summed E-state index contributed by atoms with van der Waals surface area (Å²) in [5, 5.41) is 0. The van der Waals surface area contributed by atoms with Gasteiger partial charge in [0.15, 0.2) is 0 Å². The third kappa shape index (κ3) is 3.68. The Balaban J connectivity index is 1.62. The number of nitrogens with zero attached hydrogens (tertiary/aromatic N) is 2. The number of aryl methyl sites for hydroxylation is 2. The molecule has 0 aliphatic rings. The summed E-state index contributed by atoms with van der Waals surface area (Å²) < 4.78 is 5.93. The van der Waals surface area contributed by atoms with Gasteiger partial charge in [0.1, 0.15) is 0 Å². The number of benzene rings is 2. The van der Waals surface area contributed by atoms with E-state index in [0.717, 1.165) is 47.8 Å². The zero-order chi connectivity index (χ0) is 18.6. The van der Waals surface area contributed by atoms with Gasteiger partial charge in [-0.1, -0.05) is 51.0 Å². The number of nitrogens with one attached hydrogen (secondary N) is 2. The van der Waals surface area contributed by atoms with Crippen molar-refractivity contribution in [3.05, 3.63) is 47.5 Å². The average molecular weight is 362 g/mol. The number of unbranched alkanes of at least 4 members (excludes halogenated alkanes) is 2. The summed E-state index contributed by atoms with van der Waals surface area (Å²) in [7, 11) is 0. The van der Waals surface area contributed by atoms with Crippen LogP contribution in [0.1, 0.15) is 50.7 Å². The topological polar surface area (TPSA) is 66.6 Å². The molecule has 2 N–H and O–H groups in total. The Morgan fingerprint density at radius 1 is 0.741 bits per heavy atom. The van der Waals surface area contributed by atoms with Crippen LogP contribution in [-0.4, -0.2) is 19.9 Å². The first-order chi connectivity index (χ1) is 13.3. The van der Waals surface area contributed by atoms with Gasteiger partial charge in [-0.2, -0.15) is 9.97 Å². The summed E-state index contributed by atoms with van der Waals surface area (Å²) in [6, 6.07) is 13.4. The highest BCUT2D eigenvalue weighted by Crippen LogP contribution is 2.26. The number of rotatable bonds is 8. The van der Waals surface area contributed by atoms with E-state index in [-0.39, 0.29) is 0 Å². The molecule has 0 aliphatic heterocycles. The number of aromatic amines is 2. The number of hydrogen-bond acceptors (Lipinski definition) is 3. The molecular formula is C22H26N4O. The maximum Gasteiger partial charge on any atom is 0.302 e. The van der Waals surface area contributed by atoms with Gasteiger partial charge in [0.2, 0.25) is 0 Å². The summed E-state index contributed by atoms with van der Waals surface area (Å²) in [4.78, 5) is 15.9. The minimum absolute atomic E-state index is 0.475. The molecule has 5 heteroatoms. The van der Waals surface area contributed by atoms with E-state index in [4.69, 9.17) is 4.74 Å². The molecule has 0 radical (unpaired) electrons. The molecule has 0 amide bonds. The Morgan fingerprint density at radius 3 is 1.67 bits per heavy atom. The molecule has 0 unspecified atom stereocenters. The molecule has 4 rings (SSSR count). The second-order valence-corrected chi connectivity index (χ2v) is 7.02. The maximum atomic E-state index is 5.93. The van der Waals surface area contributed by atoms with E-state index in [0.29, 0.717) is 12.0 Å². The molecule has 140 valence electrons. The van der Waals surface area contributed by atoms with Gasteiger partial charge in [0, 0.05) is 0 Å². The fraction of sp³-hybridized carbons (Fsp3) is 0.364. The quantitative estimate of drug-likeness (QED) is 0.409. The Labute approximate surface area is 159 Å². The Kier molecular flexibility index (Phi) is 5.10. The van der Waals surface area contributed by atoms with Crippen LogP contribution in [0.4, 0.5) is 0 Å². The molecule has 0 saturated carbocycles. The van der Waals surface area contributed by atoms with E-state index < -0.39 is 0 Å². The number of aromatic nitrogens is 4. The molecule has 0 bridgehead atoms. The average Bonchev–Trinajstić information content (AvgIpc) is 3.28. The first-order valence-corrected chi connectivity index (χ1v) is 9.91. The van der Waals surface area contributed by atoms with Crippen LogP contribution in [0, 0.1) is 0 Å². The third-order valence-corrected chi connectivity index (χ3v) is 4.94. The molecule has 0 atom stereocenters. The van der Waals surface area contributed by atoms with Crippen LogP contribution in [0.3, 0.4) is 0 Å². The summed E-state index contributed by atoms with van der Waals surface area (Å²) in [5.41, 5.74) is 6.48. The van der Waals surface area contributed by atoms with E-state index in [9.17, 15) is 0 Å². The molecule has 4 aromatic rings. The SMILES string of the molecule is CCCCc1cccc2[nH]c(Oc3nc4c(CCCC)cccc4[nH]3)nc12. The van der Waals surface area contributed by atoms with E-state index in [2.05, 4.69) is 58.0 Å². The predicted octanol–water partition coefficient (Wildman–Crippen LogP) is 5.92. The van der Waals surface area contributed by atoms with E-state index in [1.165, 1.54) is 24.0 Å².